The largest absolute Gasteiger partial charge is 0.344 e. The fourth-order valence-corrected chi connectivity index (χ4v) is 3.86. The van der Waals surface area contributed by atoms with Crippen molar-refractivity contribution < 1.29 is 9.32 Å². The summed E-state index contributed by atoms with van der Waals surface area (Å²) in [6.45, 7) is 3.80. The molecule has 2 aliphatic rings. The molecule has 2 fully saturated rings. The molecule has 2 saturated carbocycles. The quantitative estimate of drug-likeness (QED) is 0.933. The third kappa shape index (κ3) is 2.70. The van der Waals surface area contributed by atoms with E-state index in [0.717, 1.165) is 24.1 Å². The zero-order chi connectivity index (χ0) is 16.7. The Bertz CT molecular complexity index is 758. The summed E-state index contributed by atoms with van der Waals surface area (Å²) >= 11 is 0. The average Bonchev–Trinajstić information content (AvgIpc) is 2.94. The first kappa shape index (κ1) is 15.3. The van der Waals surface area contributed by atoms with Crippen LogP contribution in [0.4, 0.5) is 0 Å². The summed E-state index contributed by atoms with van der Waals surface area (Å²) in [5, 5.41) is 7.03. The number of amides is 1. The summed E-state index contributed by atoms with van der Waals surface area (Å²) in [5.41, 5.74) is 2.26. The topological polar surface area (TPSA) is 80.9 Å². The Balaban J connectivity index is 1.38. The van der Waals surface area contributed by atoms with Crippen LogP contribution in [0.5, 0.6) is 0 Å². The summed E-state index contributed by atoms with van der Waals surface area (Å²) in [4.78, 5) is 20.9. The van der Waals surface area contributed by atoms with Gasteiger partial charge < -0.3 is 9.84 Å². The van der Waals surface area contributed by atoms with Crippen molar-refractivity contribution in [2.75, 3.05) is 0 Å². The van der Waals surface area contributed by atoms with Gasteiger partial charge in [-0.05, 0) is 57.1 Å². The van der Waals surface area contributed by atoms with Gasteiger partial charge in [-0.1, -0.05) is 11.6 Å². The van der Waals surface area contributed by atoms with Crippen molar-refractivity contribution in [3.63, 3.8) is 0 Å². The van der Waals surface area contributed by atoms with Crippen LogP contribution in [0.15, 0.2) is 22.9 Å². The Morgan fingerprint density at radius 3 is 2.88 bits per heavy atom. The highest BCUT2D eigenvalue weighted by Crippen LogP contribution is 2.58. The molecule has 2 aromatic heterocycles. The molecule has 2 aliphatic carbocycles. The first-order valence-electron chi connectivity index (χ1n) is 8.62. The van der Waals surface area contributed by atoms with Gasteiger partial charge in [-0.15, -0.1) is 0 Å². The molecule has 0 aliphatic heterocycles. The number of pyridine rings is 1. The molecule has 4 rings (SSSR count). The van der Waals surface area contributed by atoms with E-state index in [-0.39, 0.29) is 17.9 Å². The molecule has 0 aromatic carbocycles. The zero-order valence-corrected chi connectivity index (χ0v) is 14.1. The van der Waals surface area contributed by atoms with Gasteiger partial charge in [-0.3, -0.25) is 9.78 Å². The van der Waals surface area contributed by atoms with Gasteiger partial charge in [0.2, 0.25) is 17.6 Å². The van der Waals surface area contributed by atoms with E-state index in [2.05, 4.69) is 20.4 Å². The Morgan fingerprint density at radius 2 is 2.21 bits per heavy atom. The van der Waals surface area contributed by atoms with Crippen LogP contribution < -0.4 is 5.32 Å². The summed E-state index contributed by atoms with van der Waals surface area (Å²) in [6, 6.07) is 3.47. The maximum absolute atomic E-state index is 12.3. The number of nitrogens with one attached hydrogen (secondary N) is 1. The van der Waals surface area contributed by atoms with Crippen molar-refractivity contribution in [2.45, 2.75) is 52.0 Å². The van der Waals surface area contributed by atoms with E-state index in [1.54, 1.807) is 6.20 Å². The van der Waals surface area contributed by atoms with Crippen molar-refractivity contribution in [1.29, 1.82) is 0 Å². The molecule has 1 N–H and O–H groups in total. The summed E-state index contributed by atoms with van der Waals surface area (Å²) in [7, 11) is 0. The lowest BCUT2D eigenvalue weighted by Crippen LogP contribution is -2.49. The predicted molar refractivity (Wildman–Crippen MR) is 87.8 cm³/mol. The maximum atomic E-state index is 12.3. The third-order valence-electron chi connectivity index (χ3n) is 5.47. The van der Waals surface area contributed by atoms with Crippen molar-refractivity contribution in [1.82, 2.24) is 20.4 Å². The molecule has 126 valence electrons. The molecule has 1 amide bonds. The molecular weight excluding hydrogens is 304 g/mol. The maximum Gasteiger partial charge on any atom is 0.249 e. The second kappa shape index (κ2) is 5.69. The molecule has 24 heavy (non-hydrogen) atoms. The number of hydrogen-bond acceptors (Lipinski definition) is 5. The van der Waals surface area contributed by atoms with Crippen LogP contribution in [-0.4, -0.2) is 21.0 Å². The highest BCUT2D eigenvalue weighted by molar-refractivity contribution is 5.80. The van der Waals surface area contributed by atoms with Crippen molar-refractivity contribution in [3.05, 3.63) is 29.9 Å². The molecule has 1 atom stereocenters. The van der Waals surface area contributed by atoms with Crippen LogP contribution >= 0.6 is 0 Å². The van der Waals surface area contributed by atoms with Crippen LogP contribution in [0.2, 0.25) is 0 Å². The highest BCUT2D eigenvalue weighted by Gasteiger charge is 2.50. The van der Waals surface area contributed by atoms with Gasteiger partial charge in [0.1, 0.15) is 6.04 Å². The Morgan fingerprint density at radius 1 is 1.42 bits per heavy atom. The molecule has 0 saturated heterocycles. The first-order valence-corrected chi connectivity index (χ1v) is 8.62. The van der Waals surface area contributed by atoms with Crippen molar-refractivity contribution in [3.8, 4) is 11.4 Å². The van der Waals surface area contributed by atoms with Crippen molar-refractivity contribution in [2.24, 2.45) is 11.3 Å². The van der Waals surface area contributed by atoms with Crippen molar-refractivity contribution >= 4 is 5.91 Å². The van der Waals surface area contributed by atoms with Gasteiger partial charge in [-0.2, -0.15) is 4.98 Å². The predicted octanol–water partition coefficient (Wildman–Crippen LogP) is 3.20. The summed E-state index contributed by atoms with van der Waals surface area (Å²) in [5.74, 6) is 1.22. The van der Waals surface area contributed by atoms with Gasteiger partial charge in [0.25, 0.3) is 0 Å². The molecule has 0 unspecified atom stereocenters. The molecule has 2 heterocycles. The van der Waals surface area contributed by atoms with E-state index >= 15 is 0 Å². The number of hydrogen-bond donors (Lipinski definition) is 1. The highest BCUT2D eigenvalue weighted by atomic mass is 16.5. The molecule has 0 radical (unpaired) electrons. The van der Waals surface area contributed by atoms with Gasteiger partial charge in [0.05, 0.1) is 0 Å². The van der Waals surface area contributed by atoms with E-state index in [1.807, 2.05) is 26.0 Å². The zero-order valence-electron chi connectivity index (χ0n) is 14.1. The number of nitrogens with zero attached hydrogens (tertiary/aromatic N) is 3. The SMILES string of the molecule is Cc1cc(-c2noc([C@H](C)NC(=O)C3CC4(CCC4)C3)n2)ccn1. The van der Waals surface area contributed by atoms with Gasteiger partial charge >= 0.3 is 0 Å². The molecular formula is C18H22N4O2. The lowest BCUT2D eigenvalue weighted by molar-refractivity contribution is -0.137. The summed E-state index contributed by atoms with van der Waals surface area (Å²) in [6.07, 6.45) is 7.71. The number of rotatable bonds is 4. The third-order valence-corrected chi connectivity index (χ3v) is 5.47. The monoisotopic (exact) mass is 326 g/mol. The number of carbonyl (C=O) groups is 1. The molecule has 0 bridgehead atoms. The fourth-order valence-electron chi connectivity index (χ4n) is 3.86. The normalized spacial score (nSPS) is 20.2. The van der Waals surface area contributed by atoms with Gasteiger partial charge in [0.15, 0.2) is 0 Å². The standard InChI is InChI=1S/C18H22N4O2/c1-11-8-13(4-7-19-11)15-21-17(24-22-15)12(2)20-16(23)14-9-18(10-14)5-3-6-18/h4,7-8,12,14H,3,5-6,9-10H2,1-2H3,(H,20,23)/t12-/m0/s1. The Hall–Kier alpha value is -2.24. The van der Waals surface area contributed by atoms with Crippen LogP contribution in [0, 0.1) is 18.3 Å². The van der Waals surface area contributed by atoms with Gasteiger partial charge in [-0.25, -0.2) is 0 Å². The minimum atomic E-state index is -0.278. The van der Waals surface area contributed by atoms with Gasteiger partial charge in [0, 0.05) is 23.4 Å². The van der Waals surface area contributed by atoms with E-state index in [9.17, 15) is 4.79 Å². The van der Waals surface area contributed by atoms with Crippen LogP contribution in [0.25, 0.3) is 11.4 Å². The Kier molecular flexibility index (Phi) is 3.62. The molecule has 6 heteroatoms. The molecule has 6 nitrogen and oxygen atoms in total. The summed E-state index contributed by atoms with van der Waals surface area (Å²) < 4.78 is 5.33. The van der Waals surface area contributed by atoms with Crippen LogP contribution in [0.1, 0.15) is 56.7 Å². The Labute approximate surface area is 141 Å². The number of aromatic nitrogens is 3. The molecule has 1 spiro atoms. The minimum Gasteiger partial charge on any atom is -0.344 e. The number of carbonyl (C=O) groups excluding carboxylic acids is 1. The lowest BCUT2D eigenvalue weighted by atomic mass is 9.51. The van der Waals surface area contributed by atoms with E-state index in [1.165, 1.54) is 19.3 Å². The number of aryl methyl sites for hydroxylation is 1. The van der Waals surface area contributed by atoms with E-state index in [4.69, 9.17) is 4.52 Å². The van der Waals surface area contributed by atoms with Crippen LogP contribution in [-0.2, 0) is 4.79 Å². The second-order valence-corrected chi connectivity index (χ2v) is 7.33. The minimum absolute atomic E-state index is 0.111. The smallest absolute Gasteiger partial charge is 0.249 e. The van der Waals surface area contributed by atoms with E-state index < -0.39 is 0 Å². The first-order chi connectivity index (χ1) is 11.5. The van der Waals surface area contributed by atoms with Crippen LogP contribution in [0.3, 0.4) is 0 Å². The second-order valence-electron chi connectivity index (χ2n) is 7.33. The lowest BCUT2D eigenvalue weighted by Gasteiger charge is -2.53. The fraction of sp³-hybridized carbons (Fsp3) is 0.556. The molecule has 2 aromatic rings. The average molecular weight is 326 g/mol. The van der Waals surface area contributed by atoms with E-state index in [0.29, 0.717) is 17.1 Å².